The van der Waals surface area contributed by atoms with E-state index in [0.29, 0.717) is 0 Å². The molecule has 0 amide bonds. The predicted molar refractivity (Wildman–Crippen MR) is 276 cm³/mol. The quantitative estimate of drug-likeness (QED) is 0.170. The van der Waals surface area contributed by atoms with Crippen LogP contribution in [0.5, 0.6) is 0 Å². The van der Waals surface area contributed by atoms with Crippen molar-refractivity contribution < 1.29 is 0 Å². The van der Waals surface area contributed by atoms with E-state index < -0.39 is 0 Å². The third kappa shape index (κ3) is 5.67. The average Bonchev–Trinajstić information content (AvgIpc) is 3.90. The highest BCUT2D eigenvalue weighted by Crippen LogP contribution is 2.41. The third-order valence-electron chi connectivity index (χ3n) is 13.9. The molecule has 0 spiro atoms. The zero-order valence-corrected chi connectivity index (χ0v) is 35.9. The summed E-state index contributed by atoms with van der Waals surface area (Å²) in [5, 5.41) is 22.6. The van der Waals surface area contributed by atoms with Crippen LogP contribution in [0.1, 0.15) is 29.0 Å². The van der Waals surface area contributed by atoms with Gasteiger partial charge in [0.25, 0.3) is 0 Å². The van der Waals surface area contributed by atoms with Crippen LogP contribution >= 0.6 is 0 Å². The molecule has 5 heteroatoms. The van der Waals surface area contributed by atoms with Crippen LogP contribution in [0.2, 0.25) is 0 Å². The Morgan fingerprint density at radius 2 is 0.985 bits per heavy atom. The van der Waals surface area contributed by atoms with Crippen molar-refractivity contribution in [3.63, 3.8) is 0 Å². The Kier molecular flexibility index (Phi) is 8.12. The molecule has 0 saturated heterocycles. The number of hydrogen-bond acceptors (Lipinski definition) is 3. The molecule has 0 aliphatic carbocycles. The van der Waals surface area contributed by atoms with Crippen LogP contribution in [0.4, 0.5) is 0 Å². The van der Waals surface area contributed by atoms with Crippen LogP contribution < -0.4 is 10.6 Å². The van der Waals surface area contributed by atoms with E-state index in [9.17, 15) is 0 Å². The number of aliphatic imine (C=N–C) groups is 1. The van der Waals surface area contributed by atoms with Gasteiger partial charge in [-0.3, -0.25) is 5.32 Å². The molecule has 310 valence electrons. The standard InChI is InChI=1S/C61H41N5/c1-2-16-39(17-3-1)59-62-60(64-61(63-59)53-35-42-20-7-8-23-46(42)48-25-10-11-26-49(48)53)43-21-14-22-44(33-43)66-55-32-30-45(37-52(55)51-34-40-18-4-5-19-41(40)36-57(51)66)65-54-28-13-12-27-50(54)58-47-24-9-6-15-38(47)29-31-56(58)65/h1-37,60-61,64H,(H,62,63). The summed E-state index contributed by atoms with van der Waals surface area (Å²) in [6.07, 6.45) is -0.540. The molecule has 0 radical (unpaired) electrons. The molecule has 5 nitrogen and oxygen atoms in total. The van der Waals surface area contributed by atoms with Gasteiger partial charge in [-0.05, 0) is 115 Å². The number of aromatic nitrogens is 2. The van der Waals surface area contributed by atoms with Gasteiger partial charge in [0.15, 0.2) is 0 Å². The first-order valence-corrected chi connectivity index (χ1v) is 22.8. The Bertz CT molecular complexity index is 4140. The summed E-state index contributed by atoms with van der Waals surface area (Å²) in [6.45, 7) is 0. The first-order chi connectivity index (χ1) is 32.7. The molecule has 2 unspecified atom stereocenters. The summed E-state index contributed by atoms with van der Waals surface area (Å²) in [6, 6.07) is 81.8. The molecule has 0 saturated carbocycles. The second-order valence-electron chi connectivity index (χ2n) is 17.6. The number of benzene rings is 11. The van der Waals surface area contributed by atoms with E-state index in [-0.39, 0.29) is 12.3 Å². The molecule has 14 rings (SSSR count). The number of nitrogens with zero attached hydrogens (tertiary/aromatic N) is 3. The molecule has 0 bridgehead atoms. The van der Waals surface area contributed by atoms with Crippen LogP contribution in [-0.2, 0) is 0 Å². The summed E-state index contributed by atoms with van der Waals surface area (Å²) in [7, 11) is 0. The lowest BCUT2D eigenvalue weighted by molar-refractivity contribution is 0.410. The van der Waals surface area contributed by atoms with Crippen LogP contribution in [-0.4, -0.2) is 15.0 Å². The largest absolute Gasteiger partial charge is 0.350 e. The Morgan fingerprint density at radius 3 is 1.83 bits per heavy atom. The summed E-state index contributed by atoms with van der Waals surface area (Å²) >= 11 is 0. The van der Waals surface area contributed by atoms with Crippen molar-refractivity contribution in [1.29, 1.82) is 0 Å². The molecule has 2 aromatic heterocycles. The highest BCUT2D eigenvalue weighted by atomic mass is 15.3. The first-order valence-electron chi connectivity index (χ1n) is 22.8. The summed E-state index contributed by atoms with van der Waals surface area (Å²) in [5.74, 6) is 0.862. The Morgan fingerprint density at radius 1 is 0.364 bits per heavy atom. The van der Waals surface area contributed by atoms with Crippen molar-refractivity contribution >= 4 is 92.5 Å². The van der Waals surface area contributed by atoms with Crippen LogP contribution in [0.15, 0.2) is 229 Å². The summed E-state index contributed by atoms with van der Waals surface area (Å²) in [4.78, 5) is 5.41. The fourth-order valence-electron chi connectivity index (χ4n) is 10.9. The van der Waals surface area contributed by atoms with Crippen molar-refractivity contribution in [2.45, 2.75) is 12.3 Å². The van der Waals surface area contributed by atoms with Gasteiger partial charge in [-0.15, -0.1) is 0 Å². The highest BCUT2D eigenvalue weighted by molar-refractivity contribution is 6.22. The van der Waals surface area contributed by atoms with E-state index in [4.69, 9.17) is 4.99 Å². The lowest BCUT2D eigenvalue weighted by Gasteiger charge is -2.33. The van der Waals surface area contributed by atoms with Gasteiger partial charge < -0.3 is 14.5 Å². The Labute approximate surface area is 380 Å². The molecule has 2 atom stereocenters. The van der Waals surface area contributed by atoms with E-state index in [1.54, 1.807) is 0 Å². The molecule has 3 heterocycles. The monoisotopic (exact) mass is 843 g/mol. The summed E-state index contributed by atoms with van der Waals surface area (Å²) in [5.41, 5.74) is 10.3. The van der Waals surface area contributed by atoms with E-state index >= 15 is 0 Å². The number of para-hydroxylation sites is 1. The van der Waals surface area contributed by atoms with E-state index in [1.807, 2.05) is 0 Å². The predicted octanol–water partition coefficient (Wildman–Crippen LogP) is 14.8. The minimum Gasteiger partial charge on any atom is -0.350 e. The van der Waals surface area contributed by atoms with Crippen LogP contribution in [0.3, 0.4) is 0 Å². The highest BCUT2D eigenvalue weighted by Gasteiger charge is 2.28. The van der Waals surface area contributed by atoms with Gasteiger partial charge in [0.2, 0.25) is 0 Å². The zero-order chi connectivity index (χ0) is 43.3. The lowest BCUT2D eigenvalue weighted by Crippen LogP contribution is -2.45. The maximum absolute atomic E-state index is 5.41. The van der Waals surface area contributed by atoms with Gasteiger partial charge in [-0.2, -0.15) is 0 Å². The average molecular weight is 844 g/mol. The fourth-order valence-corrected chi connectivity index (χ4v) is 10.9. The smallest absolute Gasteiger partial charge is 0.131 e. The molecule has 13 aromatic rings. The van der Waals surface area contributed by atoms with Crippen molar-refractivity contribution in [2.75, 3.05) is 0 Å². The number of nitrogens with one attached hydrogen (secondary N) is 2. The maximum Gasteiger partial charge on any atom is 0.131 e. The van der Waals surface area contributed by atoms with E-state index in [1.165, 1.54) is 81.2 Å². The normalized spacial score (nSPS) is 15.4. The van der Waals surface area contributed by atoms with Gasteiger partial charge >= 0.3 is 0 Å². The second-order valence-corrected chi connectivity index (χ2v) is 17.6. The van der Waals surface area contributed by atoms with Crippen molar-refractivity contribution in [3.8, 4) is 11.4 Å². The van der Waals surface area contributed by atoms with Crippen molar-refractivity contribution in [1.82, 2.24) is 19.8 Å². The lowest BCUT2D eigenvalue weighted by atomic mass is 9.95. The molecule has 66 heavy (non-hydrogen) atoms. The van der Waals surface area contributed by atoms with Crippen molar-refractivity contribution in [2.24, 2.45) is 4.99 Å². The Hall–Kier alpha value is -8.51. The SMILES string of the molecule is c1ccc(C2=NC(c3cc4ccccc4c4ccccc34)NC(c3cccc(-n4c5ccc(-n6c7ccccc7c7c8ccccc8ccc76)cc5c5cc6ccccc6cc54)c3)N2)cc1. The van der Waals surface area contributed by atoms with Gasteiger partial charge in [-0.25, -0.2) is 4.99 Å². The first kappa shape index (κ1) is 36.9. The van der Waals surface area contributed by atoms with Gasteiger partial charge in [0.1, 0.15) is 18.2 Å². The fraction of sp³-hybridized carbons (Fsp3) is 0.0328. The van der Waals surface area contributed by atoms with Crippen LogP contribution in [0, 0.1) is 0 Å². The Balaban J connectivity index is 0.945. The van der Waals surface area contributed by atoms with E-state index in [0.717, 1.165) is 39.4 Å². The molecule has 0 fully saturated rings. The molecular weight excluding hydrogens is 803 g/mol. The molecular formula is C61H41N5. The maximum atomic E-state index is 5.41. The minimum atomic E-state index is -0.304. The van der Waals surface area contributed by atoms with Gasteiger partial charge in [0, 0.05) is 38.5 Å². The van der Waals surface area contributed by atoms with Gasteiger partial charge in [0.05, 0.1) is 22.1 Å². The number of hydrogen-bond donors (Lipinski definition) is 2. The van der Waals surface area contributed by atoms with Gasteiger partial charge in [-0.1, -0.05) is 164 Å². The zero-order valence-electron chi connectivity index (χ0n) is 35.9. The minimum absolute atomic E-state index is 0.236. The van der Waals surface area contributed by atoms with Crippen molar-refractivity contribution in [3.05, 3.63) is 241 Å². The summed E-state index contributed by atoms with van der Waals surface area (Å²) < 4.78 is 4.90. The topological polar surface area (TPSA) is 46.3 Å². The number of fused-ring (bicyclic) bond motifs is 12. The number of amidine groups is 1. The molecule has 2 N–H and O–H groups in total. The molecule has 11 aromatic carbocycles. The third-order valence-corrected chi connectivity index (χ3v) is 13.9. The molecule has 1 aliphatic heterocycles. The second kappa shape index (κ2) is 14.5. The van der Waals surface area contributed by atoms with E-state index in [2.05, 4.69) is 244 Å². The molecule has 1 aliphatic rings. The number of rotatable bonds is 5. The van der Waals surface area contributed by atoms with Crippen LogP contribution in [0.25, 0.3) is 98.1 Å².